The highest BCUT2D eigenvalue weighted by Gasteiger charge is 2.01. The summed E-state index contributed by atoms with van der Waals surface area (Å²) in [5.74, 6) is 0. The molecular weight excluding hydrogens is 224 g/mol. The van der Waals surface area contributed by atoms with Gasteiger partial charge in [-0.3, -0.25) is 9.78 Å². The Morgan fingerprint density at radius 1 is 1.62 bits per heavy atom. The molecule has 0 amide bonds. The van der Waals surface area contributed by atoms with Crippen LogP contribution in [-0.4, -0.2) is 30.9 Å². The molecule has 0 aromatic carbocycles. The molecule has 2 rings (SSSR count). The molecule has 84 valence electrons. The van der Waals surface area contributed by atoms with Crippen LogP contribution in [0, 0.1) is 11.7 Å². The van der Waals surface area contributed by atoms with Crippen molar-refractivity contribution in [2.24, 2.45) is 5.10 Å². The van der Waals surface area contributed by atoms with E-state index < -0.39 is 0 Å². The predicted molar refractivity (Wildman–Crippen MR) is 63.0 cm³/mol. The fourth-order valence-corrected chi connectivity index (χ4v) is 1.50. The summed E-state index contributed by atoms with van der Waals surface area (Å²) in [5, 5.41) is 14.8. The molecule has 16 heavy (non-hydrogen) atoms. The van der Waals surface area contributed by atoms with Crippen LogP contribution in [0.3, 0.4) is 0 Å². The minimum atomic E-state index is 0.469. The fraction of sp³-hybridized carbons (Fsp3) is 0.333. The molecule has 0 atom stereocenters. The Morgan fingerprint density at radius 2 is 2.44 bits per heavy atom. The van der Waals surface area contributed by atoms with Crippen LogP contribution in [0.4, 0.5) is 0 Å². The monoisotopic (exact) mass is 236 g/mol. The van der Waals surface area contributed by atoms with Crippen LogP contribution in [0.1, 0.15) is 18.2 Å². The van der Waals surface area contributed by atoms with Gasteiger partial charge in [0.1, 0.15) is 6.33 Å². The van der Waals surface area contributed by atoms with E-state index in [2.05, 4.69) is 20.4 Å². The summed E-state index contributed by atoms with van der Waals surface area (Å²) in [7, 11) is 0. The molecule has 0 saturated carbocycles. The number of aromatic nitrogens is 5. The molecule has 0 aliphatic rings. The van der Waals surface area contributed by atoms with Crippen LogP contribution in [0.2, 0.25) is 0 Å². The Bertz CT molecular complexity index is 561. The highest BCUT2D eigenvalue weighted by molar-refractivity contribution is 7.71. The molecule has 6 nitrogen and oxygen atoms in total. The maximum absolute atomic E-state index is 4.97. The smallest absolute Gasteiger partial charge is 0.216 e. The summed E-state index contributed by atoms with van der Waals surface area (Å²) in [4.78, 5) is 0. The van der Waals surface area contributed by atoms with E-state index >= 15 is 0 Å². The molecule has 0 saturated heterocycles. The van der Waals surface area contributed by atoms with Crippen molar-refractivity contribution in [2.45, 2.75) is 20.4 Å². The second kappa shape index (κ2) is 4.40. The first-order valence-electron chi connectivity index (χ1n) is 4.91. The third-order valence-corrected chi connectivity index (χ3v) is 2.58. The third-order valence-electron chi connectivity index (χ3n) is 2.30. The Balaban J connectivity index is 2.27. The van der Waals surface area contributed by atoms with Crippen molar-refractivity contribution in [3.63, 3.8) is 0 Å². The van der Waals surface area contributed by atoms with Crippen LogP contribution in [-0.2, 0) is 6.54 Å². The molecule has 2 heterocycles. The standard InChI is InChI=1S/C9H12N6S/c1-3-14-7(2)8(4-11-14)5-12-15-6-10-13-9(15)16/h4-6H,3H2,1-2H3,(H,13,16)/b12-5+. The zero-order valence-electron chi connectivity index (χ0n) is 9.08. The van der Waals surface area contributed by atoms with Crippen molar-refractivity contribution in [2.75, 3.05) is 0 Å². The van der Waals surface area contributed by atoms with E-state index in [4.69, 9.17) is 12.2 Å². The number of hydrogen-bond donors (Lipinski definition) is 1. The van der Waals surface area contributed by atoms with Gasteiger partial charge in [0.25, 0.3) is 0 Å². The maximum Gasteiger partial charge on any atom is 0.216 e. The SMILES string of the molecule is CCn1ncc(/C=N/n2cn[nH]c2=S)c1C. The molecular formula is C9H12N6S. The van der Waals surface area contributed by atoms with Crippen LogP contribution < -0.4 is 0 Å². The molecule has 0 aliphatic heterocycles. The molecule has 0 aliphatic carbocycles. The van der Waals surface area contributed by atoms with Gasteiger partial charge in [-0.1, -0.05) is 0 Å². The van der Waals surface area contributed by atoms with Gasteiger partial charge in [0, 0.05) is 17.8 Å². The average Bonchev–Trinajstić information content (AvgIpc) is 2.83. The van der Waals surface area contributed by atoms with Crippen molar-refractivity contribution >= 4 is 18.4 Å². The Hall–Kier alpha value is -1.76. The lowest BCUT2D eigenvalue weighted by Gasteiger charge is -1.98. The molecule has 0 radical (unpaired) electrons. The van der Waals surface area contributed by atoms with Gasteiger partial charge in [-0.25, -0.2) is 0 Å². The lowest BCUT2D eigenvalue weighted by molar-refractivity contribution is 0.639. The first-order valence-corrected chi connectivity index (χ1v) is 5.32. The van der Waals surface area contributed by atoms with Crippen LogP contribution in [0.5, 0.6) is 0 Å². The minimum absolute atomic E-state index is 0.469. The lowest BCUT2D eigenvalue weighted by Crippen LogP contribution is -1.99. The van der Waals surface area contributed by atoms with Gasteiger partial charge in [0.15, 0.2) is 0 Å². The normalized spacial score (nSPS) is 11.4. The first kappa shape index (κ1) is 10.7. The Morgan fingerprint density at radius 3 is 3.00 bits per heavy atom. The van der Waals surface area contributed by atoms with E-state index in [1.165, 1.54) is 11.0 Å². The predicted octanol–water partition coefficient (Wildman–Crippen LogP) is 1.35. The number of H-pyrrole nitrogens is 1. The first-order chi connectivity index (χ1) is 7.72. The molecule has 1 N–H and O–H groups in total. The van der Waals surface area contributed by atoms with Gasteiger partial charge in [-0.2, -0.15) is 20.0 Å². The van der Waals surface area contributed by atoms with Crippen molar-refractivity contribution in [3.8, 4) is 0 Å². The quantitative estimate of drug-likeness (QED) is 0.646. The zero-order valence-corrected chi connectivity index (χ0v) is 9.90. The Kier molecular flexibility index (Phi) is 2.95. The van der Waals surface area contributed by atoms with Crippen molar-refractivity contribution in [3.05, 3.63) is 28.6 Å². The van der Waals surface area contributed by atoms with E-state index in [9.17, 15) is 0 Å². The lowest BCUT2D eigenvalue weighted by atomic mass is 10.3. The molecule has 7 heteroatoms. The number of rotatable bonds is 3. The zero-order chi connectivity index (χ0) is 11.5. The van der Waals surface area contributed by atoms with Gasteiger partial charge < -0.3 is 0 Å². The third kappa shape index (κ3) is 1.94. The second-order valence-corrected chi connectivity index (χ2v) is 3.64. The van der Waals surface area contributed by atoms with Gasteiger partial charge in [0.05, 0.1) is 12.4 Å². The van der Waals surface area contributed by atoms with E-state index in [1.54, 1.807) is 12.4 Å². The largest absolute Gasteiger partial charge is 0.269 e. The van der Waals surface area contributed by atoms with E-state index in [0.717, 1.165) is 17.8 Å². The van der Waals surface area contributed by atoms with Gasteiger partial charge in [0.2, 0.25) is 4.77 Å². The summed E-state index contributed by atoms with van der Waals surface area (Å²) in [6.45, 7) is 4.91. The molecule has 2 aromatic heterocycles. The van der Waals surface area contributed by atoms with Gasteiger partial charge in [-0.15, -0.1) is 0 Å². The number of nitrogens with one attached hydrogen (secondary N) is 1. The number of aryl methyl sites for hydroxylation is 1. The molecule has 0 unspecified atom stereocenters. The van der Waals surface area contributed by atoms with E-state index in [-0.39, 0.29) is 0 Å². The number of aromatic amines is 1. The minimum Gasteiger partial charge on any atom is -0.269 e. The Labute approximate surface area is 97.6 Å². The maximum atomic E-state index is 4.97. The molecule has 0 bridgehead atoms. The number of hydrogen-bond acceptors (Lipinski definition) is 4. The molecule has 0 spiro atoms. The summed E-state index contributed by atoms with van der Waals surface area (Å²) in [6, 6.07) is 0. The highest BCUT2D eigenvalue weighted by atomic mass is 32.1. The van der Waals surface area contributed by atoms with Crippen molar-refractivity contribution in [1.82, 2.24) is 24.7 Å². The van der Waals surface area contributed by atoms with Crippen LogP contribution in [0.15, 0.2) is 17.6 Å². The fourth-order valence-electron chi connectivity index (χ4n) is 1.36. The number of nitrogens with zero attached hydrogens (tertiary/aromatic N) is 5. The highest BCUT2D eigenvalue weighted by Crippen LogP contribution is 2.04. The van der Waals surface area contributed by atoms with Crippen LogP contribution in [0.25, 0.3) is 0 Å². The summed E-state index contributed by atoms with van der Waals surface area (Å²) in [6.07, 6.45) is 5.03. The second-order valence-electron chi connectivity index (χ2n) is 3.25. The summed E-state index contributed by atoms with van der Waals surface area (Å²) < 4.78 is 3.88. The molecule has 0 fully saturated rings. The topological polar surface area (TPSA) is 63.8 Å². The van der Waals surface area contributed by atoms with Crippen molar-refractivity contribution in [1.29, 1.82) is 0 Å². The van der Waals surface area contributed by atoms with E-state index in [1.807, 2.05) is 18.5 Å². The summed E-state index contributed by atoms with van der Waals surface area (Å²) in [5.41, 5.74) is 2.06. The van der Waals surface area contributed by atoms with Crippen LogP contribution >= 0.6 is 12.2 Å². The van der Waals surface area contributed by atoms with E-state index in [0.29, 0.717) is 4.77 Å². The molecule has 2 aromatic rings. The average molecular weight is 236 g/mol. The van der Waals surface area contributed by atoms with Gasteiger partial charge >= 0.3 is 0 Å². The van der Waals surface area contributed by atoms with Crippen molar-refractivity contribution < 1.29 is 0 Å². The summed E-state index contributed by atoms with van der Waals surface area (Å²) >= 11 is 4.97. The van der Waals surface area contributed by atoms with Gasteiger partial charge in [-0.05, 0) is 26.1 Å².